The van der Waals surface area contributed by atoms with Crippen LogP contribution in [0.2, 0.25) is 0 Å². The Balaban J connectivity index is 3.51. The van der Waals surface area contributed by atoms with Crippen molar-refractivity contribution in [3.05, 3.63) is 37.0 Å². The molecule has 0 aliphatic rings. The van der Waals surface area contributed by atoms with E-state index < -0.39 is 5.97 Å². The quantitative estimate of drug-likeness (QED) is 0.365. The first-order valence-electron chi connectivity index (χ1n) is 2.94. The van der Waals surface area contributed by atoms with Crippen LogP contribution in [0.15, 0.2) is 37.0 Å². The lowest BCUT2D eigenvalue weighted by Crippen LogP contribution is -1.84. The largest absolute Gasteiger partial charge is 0.478 e. The summed E-state index contributed by atoms with van der Waals surface area (Å²) in [6.45, 7) is 3.50. The zero-order valence-corrected chi connectivity index (χ0v) is 5.66. The molecule has 0 bridgehead atoms. The number of carbonyl (C=O) groups is 1. The van der Waals surface area contributed by atoms with E-state index in [0.717, 1.165) is 12.5 Å². The first-order chi connectivity index (χ1) is 4.77. The van der Waals surface area contributed by atoms with Gasteiger partial charge in [0.1, 0.15) is 0 Å². The summed E-state index contributed by atoms with van der Waals surface area (Å²) in [5, 5.41) is 8.13. The standard InChI is InChI=1S/C8H10O2/c1-2-3-4-5-6-7-8(9)10/h2,4-7H,1,3H2,(H,9,10)/b5-4+,7-6+. The van der Waals surface area contributed by atoms with Crippen LogP contribution in [0, 0.1) is 0 Å². The predicted molar refractivity (Wildman–Crippen MR) is 40.7 cm³/mol. The molecule has 0 amide bonds. The first kappa shape index (κ1) is 8.69. The zero-order valence-electron chi connectivity index (χ0n) is 5.66. The van der Waals surface area contributed by atoms with Crippen LogP contribution in [0.25, 0.3) is 0 Å². The van der Waals surface area contributed by atoms with Gasteiger partial charge in [-0.3, -0.25) is 0 Å². The molecule has 2 nitrogen and oxygen atoms in total. The number of carboxylic acids is 1. The van der Waals surface area contributed by atoms with Crippen LogP contribution in [-0.4, -0.2) is 11.1 Å². The maximum Gasteiger partial charge on any atom is 0.328 e. The van der Waals surface area contributed by atoms with E-state index in [-0.39, 0.29) is 0 Å². The van der Waals surface area contributed by atoms with Gasteiger partial charge in [-0.15, -0.1) is 6.58 Å². The fourth-order valence-corrected chi connectivity index (χ4v) is 0.391. The average molecular weight is 138 g/mol. The molecule has 2 heteroatoms. The summed E-state index contributed by atoms with van der Waals surface area (Å²) in [7, 11) is 0. The van der Waals surface area contributed by atoms with Crippen molar-refractivity contribution >= 4 is 5.97 Å². The van der Waals surface area contributed by atoms with Crippen molar-refractivity contribution < 1.29 is 9.90 Å². The van der Waals surface area contributed by atoms with Gasteiger partial charge in [0.15, 0.2) is 0 Å². The molecule has 0 saturated carbocycles. The van der Waals surface area contributed by atoms with Gasteiger partial charge in [0.25, 0.3) is 0 Å². The fourth-order valence-electron chi connectivity index (χ4n) is 0.391. The van der Waals surface area contributed by atoms with Crippen molar-refractivity contribution in [3.63, 3.8) is 0 Å². The lowest BCUT2D eigenvalue weighted by molar-refractivity contribution is -0.131. The predicted octanol–water partition coefficient (Wildman–Crippen LogP) is 1.76. The minimum atomic E-state index is -0.928. The number of hydrogen-bond donors (Lipinski definition) is 1. The molecule has 0 fully saturated rings. The van der Waals surface area contributed by atoms with Gasteiger partial charge < -0.3 is 5.11 Å². The second-order valence-corrected chi connectivity index (χ2v) is 1.65. The van der Waals surface area contributed by atoms with Crippen LogP contribution >= 0.6 is 0 Å². The van der Waals surface area contributed by atoms with Gasteiger partial charge in [-0.2, -0.15) is 0 Å². The molecule has 0 radical (unpaired) electrons. The molecule has 0 unspecified atom stereocenters. The monoisotopic (exact) mass is 138 g/mol. The topological polar surface area (TPSA) is 37.3 Å². The Morgan fingerprint density at radius 2 is 2.20 bits per heavy atom. The maximum atomic E-state index is 9.89. The molecular weight excluding hydrogens is 128 g/mol. The number of hydrogen-bond acceptors (Lipinski definition) is 1. The molecule has 0 aromatic rings. The van der Waals surface area contributed by atoms with Crippen molar-refractivity contribution in [1.29, 1.82) is 0 Å². The molecular formula is C8H10O2. The highest BCUT2D eigenvalue weighted by Crippen LogP contribution is 1.83. The van der Waals surface area contributed by atoms with Crippen LogP contribution in [0.4, 0.5) is 0 Å². The van der Waals surface area contributed by atoms with E-state index in [1.807, 2.05) is 6.08 Å². The molecule has 0 aliphatic heterocycles. The van der Waals surface area contributed by atoms with E-state index in [4.69, 9.17) is 5.11 Å². The lowest BCUT2D eigenvalue weighted by Gasteiger charge is -1.76. The molecule has 0 atom stereocenters. The van der Waals surface area contributed by atoms with Crippen molar-refractivity contribution in [2.75, 3.05) is 0 Å². The fraction of sp³-hybridized carbons (Fsp3) is 0.125. The summed E-state index contributed by atoms with van der Waals surface area (Å²) in [6, 6.07) is 0. The number of rotatable bonds is 4. The molecule has 1 N–H and O–H groups in total. The first-order valence-corrected chi connectivity index (χ1v) is 2.94. The molecule has 0 aromatic carbocycles. The van der Waals surface area contributed by atoms with E-state index in [0.29, 0.717) is 0 Å². The highest BCUT2D eigenvalue weighted by molar-refractivity contribution is 5.80. The highest BCUT2D eigenvalue weighted by atomic mass is 16.4. The Hall–Kier alpha value is -1.31. The zero-order chi connectivity index (χ0) is 7.82. The summed E-state index contributed by atoms with van der Waals surface area (Å²) < 4.78 is 0. The number of carboxylic acid groups (broad SMARTS) is 1. The molecule has 0 spiro atoms. The lowest BCUT2D eigenvalue weighted by atomic mass is 10.3. The van der Waals surface area contributed by atoms with E-state index in [1.165, 1.54) is 6.08 Å². The molecule has 0 rings (SSSR count). The van der Waals surface area contributed by atoms with Crippen molar-refractivity contribution in [2.45, 2.75) is 6.42 Å². The van der Waals surface area contributed by atoms with Crippen LogP contribution < -0.4 is 0 Å². The number of allylic oxidation sites excluding steroid dienone is 4. The second-order valence-electron chi connectivity index (χ2n) is 1.65. The van der Waals surface area contributed by atoms with Gasteiger partial charge in [-0.05, 0) is 6.42 Å². The van der Waals surface area contributed by atoms with Crippen LogP contribution in [0.5, 0.6) is 0 Å². The minimum absolute atomic E-state index is 0.768. The highest BCUT2D eigenvalue weighted by Gasteiger charge is 1.79. The Kier molecular flexibility index (Phi) is 5.06. The minimum Gasteiger partial charge on any atom is -0.478 e. The normalized spacial score (nSPS) is 10.8. The molecule has 10 heavy (non-hydrogen) atoms. The summed E-state index contributed by atoms with van der Waals surface area (Å²) >= 11 is 0. The van der Waals surface area contributed by atoms with Gasteiger partial charge in [-0.25, -0.2) is 4.79 Å². The molecule has 0 aliphatic carbocycles. The van der Waals surface area contributed by atoms with E-state index >= 15 is 0 Å². The van der Waals surface area contributed by atoms with E-state index in [2.05, 4.69) is 6.58 Å². The van der Waals surface area contributed by atoms with Crippen molar-refractivity contribution in [1.82, 2.24) is 0 Å². The molecule has 0 aromatic heterocycles. The molecule has 0 saturated heterocycles. The third-order valence-corrected chi connectivity index (χ3v) is 0.789. The number of aliphatic carboxylic acids is 1. The Labute approximate surface area is 60.2 Å². The van der Waals surface area contributed by atoms with Gasteiger partial charge >= 0.3 is 5.97 Å². The maximum absolute atomic E-state index is 9.89. The average Bonchev–Trinajstić information content (AvgIpc) is 1.87. The van der Waals surface area contributed by atoms with Crippen LogP contribution in [-0.2, 0) is 4.79 Å². The van der Waals surface area contributed by atoms with Crippen molar-refractivity contribution in [3.8, 4) is 0 Å². The summed E-state index contributed by atoms with van der Waals surface area (Å²) in [5.74, 6) is -0.928. The summed E-state index contributed by atoms with van der Waals surface area (Å²) in [6.07, 6.45) is 8.57. The van der Waals surface area contributed by atoms with E-state index in [9.17, 15) is 4.79 Å². The SMILES string of the molecule is C=CC/C=C/C=C/C(=O)O. The molecule has 0 heterocycles. The van der Waals surface area contributed by atoms with Gasteiger partial charge in [-0.1, -0.05) is 24.3 Å². The molecule has 54 valence electrons. The van der Waals surface area contributed by atoms with Crippen LogP contribution in [0.3, 0.4) is 0 Å². The van der Waals surface area contributed by atoms with Gasteiger partial charge in [0.05, 0.1) is 0 Å². The third kappa shape index (κ3) is 6.69. The Morgan fingerprint density at radius 3 is 2.70 bits per heavy atom. The van der Waals surface area contributed by atoms with Gasteiger partial charge in [0.2, 0.25) is 0 Å². The van der Waals surface area contributed by atoms with Crippen LogP contribution in [0.1, 0.15) is 6.42 Å². The Bertz CT molecular complexity index is 166. The summed E-state index contributed by atoms with van der Waals surface area (Å²) in [5.41, 5.74) is 0. The van der Waals surface area contributed by atoms with Gasteiger partial charge in [0, 0.05) is 6.08 Å². The van der Waals surface area contributed by atoms with E-state index in [1.54, 1.807) is 12.2 Å². The second kappa shape index (κ2) is 5.82. The third-order valence-electron chi connectivity index (χ3n) is 0.789. The smallest absolute Gasteiger partial charge is 0.328 e. The Morgan fingerprint density at radius 1 is 1.50 bits per heavy atom. The summed E-state index contributed by atoms with van der Waals surface area (Å²) in [4.78, 5) is 9.89. The van der Waals surface area contributed by atoms with Crippen molar-refractivity contribution in [2.24, 2.45) is 0 Å².